The normalized spacial score (nSPS) is 32.9. The Morgan fingerprint density at radius 2 is 1.89 bits per heavy atom. The summed E-state index contributed by atoms with van der Waals surface area (Å²) in [6, 6.07) is 2.26. The van der Waals surface area contributed by atoms with Crippen LogP contribution in [0, 0.1) is 24.7 Å². The molecule has 0 saturated heterocycles. The van der Waals surface area contributed by atoms with E-state index in [0.29, 0.717) is 4.83 Å². The maximum atomic E-state index is 4.01. The summed E-state index contributed by atoms with van der Waals surface area (Å²) < 4.78 is 1.31. The van der Waals surface area contributed by atoms with Crippen LogP contribution in [0.25, 0.3) is 0 Å². The van der Waals surface area contributed by atoms with Crippen LogP contribution in [0.1, 0.15) is 59.5 Å². The summed E-state index contributed by atoms with van der Waals surface area (Å²) in [5.41, 5.74) is 0. The van der Waals surface area contributed by atoms with Crippen molar-refractivity contribution in [2.45, 2.75) is 56.7 Å². The first-order chi connectivity index (χ1) is 9.15. The van der Waals surface area contributed by atoms with Gasteiger partial charge >= 0.3 is 0 Å². The Morgan fingerprint density at radius 1 is 1.16 bits per heavy atom. The van der Waals surface area contributed by atoms with Gasteiger partial charge in [-0.3, -0.25) is 0 Å². The molecule has 0 nitrogen and oxygen atoms in total. The van der Waals surface area contributed by atoms with Gasteiger partial charge in [-0.25, -0.2) is 0 Å². The Hall–Kier alpha value is 0.660. The summed E-state index contributed by atoms with van der Waals surface area (Å²) in [7, 11) is 0. The predicted octanol–water partition coefficient (Wildman–Crippen LogP) is 6.86. The molecule has 4 unspecified atom stereocenters. The highest BCUT2D eigenvalue weighted by molar-refractivity contribution is 9.11. The SMILES string of the molecule is Cc1cc(Br)c(C(Br)C2CCC3CCCCC3C2)s1. The van der Waals surface area contributed by atoms with Crippen molar-refractivity contribution >= 4 is 43.2 Å². The van der Waals surface area contributed by atoms with Crippen LogP contribution in [0.2, 0.25) is 0 Å². The van der Waals surface area contributed by atoms with Gasteiger partial charge in [-0.2, -0.15) is 0 Å². The van der Waals surface area contributed by atoms with E-state index in [2.05, 4.69) is 44.8 Å². The van der Waals surface area contributed by atoms with Gasteiger partial charge in [-0.15, -0.1) is 11.3 Å². The van der Waals surface area contributed by atoms with Crippen molar-refractivity contribution in [1.82, 2.24) is 0 Å². The Balaban J connectivity index is 1.70. The van der Waals surface area contributed by atoms with Crippen molar-refractivity contribution < 1.29 is 0 Å². The van der Waals surface area contributed by atoms with E-state index in [1.807, 2.05) is 11.3 Å². The molecule has 1 aromatic rings. The van der Waals surface area contributed by atoms with Gasteiger partial charge in [-0.1, -0.05) is 41.6 Å². The van der Waals surface area contributed by atoms with Gasteiger partial charge in [0.1, 0.15) is 0 Å². The van der Waals surface area contributed by atoms with Gasteiger partial charge in [0.25, 0.3) is 0 Å². The average Bonchev–Trinajstić information content (AvgIpc) is 2.76. The summed E-state index contributed by atoms with van der Waals surface area (Å²) >= 11 is 9.69. The quantitative estimate of drug-likeness (QED) is 0.471. The van der Waals surface area contributed by atoms with Crippen LogP contribution in [-0.2, 0) is 0 Å². The number of hydrogen-bond acceptors (Lipinski definition) is 1. The lowest BCUT2D eigenvalue weighted by Gasteiger charge is -2.40. The monoisotopic (exact) mass is 404 g/mol. The number of rotatable bonds is 2. The zero-order chi connectivity index (χ0) is 13.4. The lowest BCUT2D eigenvalue weighted by molar-refractivity contribution is 0.129. The van der Waals surface area contributed by atoms with E-state index in [0.717, 1.165) is 17.8 Å². The van der Waals surface area contributed by atoms with Crippen molar-refractivity contribution in [1.29, 1.82) is 0 Å². The molecule has 3 rings (SSSR count). The molecule has 0 N–H and O–H groups in total. The van der Waals surface area contributed by atoms with Crippen LogP contribution in [0.4, 0.5) is 0 Å². The van der Waals surface area contributed by atoms with Crippen molar-refractivity contribution in [3.8, 4) is 0 Å². The molecule has 2 aliphatic rings. The first kappa shape index (κ1) is 14.6. The molecule has 0 amide bonds. The minimum Gasteiger partial charge on any atom is -0.143 e. The molecule has 0 aliphatic heterocycles. The molecule has 0 bridgehead atoms. The summed E-state index contributed by atoms with van der Waals surface area (Å²) in [6.07, 6.45) is 10.3. The molecule has 1 aromatic heterocycles. The Labute approximate surface area is 137 Å². The molecule has 2 aliphatic carbocycles. The number of thiophene rings is 1. The minimum absolute atomic E-state index is 0.559. The fourth-order valence-corrected chi connectivity index (χ4v) is 7.36. The van der Waals surface area contributed by atoms with Gasteiger partial charge in [0.2, 0.25) is 0 Å². The molecule has 1 heterocycles. The van der Waals surface area contributed by atoms with Crippen LogP contribution in [0.15, 0.2) is 10.5 Å². The van der Waals surface area contributed by atoms with E-state index in [-0.39, 0.29) is 0 Å². The number of alkyl halides is 1. The highest BCUT2D eigenvalue weighted by Crippen LogP contribution is 2.50. The lowest BCUT2D eigenvalue weighted by atomic mass is 9.67. The van der Waals surface area contributed by atoms with E-state index in [9.17, 15) is 0 Å². The zero-order valence-electron chi connectivity index (χ0n) is 11.5. The van der Waals surface area contributed by atoms with Gasteiger partial charge in [0.15, 0.2) is 0 Å². The third kappa shape index (κ3) is 3.13. The van der Waals surface area contributed by atoms with E-state index < -0.39 is 0 Å². The Morgan fingerprint density at radius 3 is 2.58 bits per heavy atom. The molecule has 106 valence electrons. The fourth-order valence-electron chi connectivity index (χ4n) is 4.08. The predicted molar refractivity (Wildman–Crippen MR) is 91.2 cm³/mol. The van der Waals surface area contributed by atoms with Gasteiger partial charge in [0.05, 0.1) is 4.83 Å². The number of halogens is 2. The molecule has 3 heteroatoms. The van der Waals surface area contributed by atoms with Gasteiger partial charge in [-0.05, 0) is 65.9 Å². The van der Waals surface area contributed by atoms with E-state index in [1.165, 1.54) is 59.2 Å². The van der Waals surface area contributed by atoms with E-state index in [1.54, 1.807) is 0 Å². The second-order valence-corrected chi connectivity index (χ2v) is 9.48. The van der Waals surface area contributed by atoms with Crippen molar-refractivity contribution in [3.63, 3.8) is 0 Å². The van der Waals surface area contributed by atoms with Crippen molar-refractivity contribution in [3.05, 3.63) is 20.3 Å². The molecular weight excluding hydrogens is 384 g/mol. The van der Waals surface area contributed by atoms with Gasteiger partial charge < -0.3 is 0 Å². The third-order valence-corrected chi connectivity index (χ3v) is 8.64. The lowest BCUT2D eigenvalue weighted by Crippen LogP contribution is -2.29. The molecule has 19 heavy (non-hydrogen) atoms. The molecule has 4 atom stereocenters. The fraction of sp³-hybridized carbons (Fsp3) is 0.750. The van der Waals surface area contributed by atoms with E-state index >= 15 is 0 Å². The minimum atomic E-state index is 0.559. The number of aryl methyl sites for hydroxylation is 1. The number of hydrogen-bond donors (Lipinski definition) is 0. The van der Waals surface area contributed by atoms with E-state index in [4.69, 9.17) is 0 Å². The highest BCUT2D eigenvalue weighted by Gasteiger charge is 2.35. The second kappa shape index (κ2) is 6.19. The highest BCUT2D eigenvalue weighted by atomic mass is 79.9. The molecular formula is C16H22Br2S. The van der Waals surface area contributed by atoms with Crippen molar-refractivity contribution in [2.24, 2.45) is 17.8 Å². The maximum absolute atomic E-state index is 4.01. The maximum Gasteiger partial charge on any atom is 0.0528 e. The first-order valence-corrected chi connectivity index (χ1v) is 10.1. The Kier molecular flexibility index (Phi) is 4.75. The average molecular weight is 406 g/mol. The standard InChI is InChI=1S/C16H22Br2S/c1-10-8-14(17)16(19-10)15(18)13-7-6-11-4-2-3-5-12(11)9-13/h8,11-13,15H,2-7,9H2,1H3. The second-order valence-electron chi connectivity index (χ2n) is 6.35. The zero-order valence-corrected chi connectivity index (χ0v) is 15.5. The van der Waals surface area contributed by atoms with Crippen LogP contribution in [-0.4, -0.2) is 0 Å². The van der Waals surface area contributed by atoms with Crippen LogP contribution < -0.4 is 0 Å². The first-order valence-electron chi connectivity index (χ1n) is 7.55. The molecule has 0 aromatic carbocycles. The summed E-state index contributed by atoms with van der Waals surface area (Å²) in [6.45, 7) is 2.21. The smallest absolute Gasteiger partial charge is 0.0528 e. The number of fused-ring (bicyclic) bond motifs is 1. The topological polar surface area (TPSA) is 0 Å². The molecule has 2 saturated carbocycles. The summed E-state index contributed by atoms with van der Waals surface area (Å²) in [4.78, 5) is 3.48. The Bertz CT molecular complexity index is 440. The molecule has 0 spiro atoms. The van der Waals surface area contributed by atoms with Crippen LogP contribution >= 0.6 is 43.2 Å². The van der Waals surface area contributed by atoms with Crippen molar-refractivity contribution in [2.75, 3.05) is 0 Å². The van der Waals surface area contributed by atoms with Crippen LogP contribution in [0.5, 0.6) is 0 Å². The molecule has 0 radical (unpaired) electrons. The van der Waals surface area contributed by atoms with Gasteiger partial charge in [0, 0.05) is 14.2 Å². The largest absolute Gasteiger partial charge is 0.143 e. The summed E-state index contributed by atoms with van der Waals surface area (Å²) in [5, 5.41) is 0. The molecule has 2 fully saturated rings. The third-order valence-electron chi connectivity index (χ3n) is 5.08. The van der Waals surface area contributed by atoms with Crippen LogP contribution in [0.3, 0.4) is 0 Å². The summed E-state index contributed by atoms with van der Waals surface area (Å²) in [5.74, 6) is 2.92.